The highest BCUT2D eigenvalue weighted by Crippen LogP contribution is 2.02. The van der Waals surface area contributed by atoms with Crippen molar-refractivity contribution in [3.05, 3.63) is 111 Å². The van der Waals surface area contributed by atoms with Gasteiger partial charge in [0.1, 0.15) is 0 Å². The summed E-state index contributed by atoms with van der Waals surface area (Å²) in [6, 6.07) is 0. The van der Waals surface area contributed by atoms with E-state index < -0.39 is 95.6 Å². The smallest absolute Gasteiger partial charge is 0.338 e. The molecule has 0 amide bonds. The minimum absolute atomic E-state index is 0.394. The maximum absolute atomic E-state index is 11.2. The zero-order valence-corrected chi connectivity index (χ0v) is 33.6. The van der Waals surface area contributed by atoms with Crippen LogP contribution in [0.15, 0.2) is 111 Å². The van der Waals surface area contributed by atoms with E-state index in [1.165, 1.54) is 40.6 Å². The number of methoxy groups -OCH3 is 4. The standard InChI is InChI=1S/C14H12O10.6C4H6O2/c1-7(13(19)20)5-11(17)23-9(15)3-4-10(16)24-12(18)6-8(2)14(21)22;4*1-3-4(5)6-2;2*1-2-3-4(5)6/h3-4H,1-2,5-6H2,(H,19,20)(H,21,22);4*3H,1H2,2H3;2*2-3H,1H3,(H,5,6)/b4-3-;;;;;;. The number of esters is 8. The Morgan fingerprint density at radius 3 is 0.733 bits per heavy atom. The molecule has 60 heavy (non-hydrogen) atoms. The van der Waals surface area contributed by atoms with Gasteiger partial charge in [0.05, 0.1) is 41.3 Å². The Bertz CT molecular complexity index is 1460. The summed E-state index contributed by atoms with van der Waals surface area (Å²) >= 11 is 0. The molecule has 0 aliphatic rings. The molecule has 0 saturated carbocycles. The molecule has 0 aromatic heterocycles. The minimum atomic E-state index is -1.44. The van der Waals surface area contributed by atoms with Crippen molar-refractivity contribution < 1.29 is 106 Å². The van der Waals surface area contributed by atoms with Crippen molar-refractivity contribution in [2.45, 2.75) is 26.7 Å². The lowest BCUT2D eigenvalue weighted by atomic mass is 10.2. The van der Waals surface area contributed by atoms with Crippen LogP contribution in [0.25, 0.3) is 0 Å². The third-order valence-electron chi connectivity index (χ3n) is 4.19. The lowest BCUT2D eigenvalue weighted by Crippen LogP contribution is -2.15. The summed E-state index contributed by atoms with van der Waals surface area (Å²) in [7, 11) is 5.24. The third kappa shape index (κ3) is 64.6. The van der Waals surface area contributed by atoms with Crippen molar-refractivity contribution >= 4 is 71.6 Å². The van der Waals surface area contributed by atoms with Gasteiger partial charge in [0.25, 0.3) is 0 Å². The average Bonchev–Trinajstić information content (AvgIpc) is 3.19. The van der Waals surface area contributed by atoms with Gasteiger partial charge in [-0.3, -0.25) is 9.59 Å². The number of carbonyl (C=O) groups is 12. The molecule has 0 heterocycles. The normalized spacial score (nSPS) is 8.57. The monoisotopic (exact) mass is 856 g/mol. The number of hydrogen-bond donors (Lipinski definition) is 4. The third-order valence-corrected chi connectivity index (χ3v) is 4.19. The predicted octanol–water partition coefficient (Wildman–Crippen LogP) is 2.42. The maximum atomic E-state index is 11.2. The molecule has 0 spiro atoms. The molecule has 4 N–H and O–H groups in total. The second-order valence-electron chi connectivity index (χ2n) is 8.68. The molecule has 0 bridgehead atoms. The fraction of sp³-hybridized carbons (Fsp3) is 0.211. The van der Waals surface area contributed by atoms with Crippen LogP contribution >= 0.6 is 0 Å². The van der Waals surface area contributed by atoms with Gasteiger partial charge in [0.2, 0.25) is 0 Å². The van der Waals surface area contributed by atoms with Crippen molar-refractivity contribution in [3.8, 4) is 0 Å². The van der Waals surface area contributed by atoms with Gasteiger partial charge in [-0.1, -0.05) is 51.6 Å². The van der Waals surface area contributed by atoms with Crippen molar-refractivity contribution in [2.24, 2.45) is 0 Å². The fourth-order valence-electron chi connectivity index (χ4n) is 1.62. The summed E-state index contributed by atoms with van der Waals surface area (Å²) < 4.78 is 24.9. The van der Waals surface area contributed by atoms with E-state index in [1.54, 1.807) is 13.8 Å². The molecule has 0 radical (unpaired) electrons. The Hall–Kier alpha value is -8.30. The van der Waals surface area contributed by atoms with Crippen LogP contribution < -0.4 is 0 Å². The van der Waals surface area contributed by atoms with Gasteiger partial charge in [0, 0.05) is 59.8 Å². The van der Waals surface area contributed by atoms with E-state index in [-0.39, 0.29) is 0 Å². The van der Waals surface area contributed by atoms with Crippen LogP contribution in [-0.4, -0.2) is 120 Å². The van der Waals surface area contributed by atoms with E-state index in [4.69, 9.17) is 20.4 Å². The zero-order chi connectivity index (χ0) is 48.8. The largest absolute Gasteiger partial charge is 0.478 e. The quantitative estimate of drug-likeness (QED) is 0.0843. The SMILES string of the molecule is C=C(CC(=O)OC(=O)/C=C\C(=O)OC(=O)CC(=C)C(=O)O)C(=O)O.C=CC(=O)OC.C=CC(=O)OC.C=CC(=O)OC.C=CC(=O)OC.CC=CC(=O)O.CC=CC(=O)O. The van der Waals surface area contributed by atoms with Crippen LogP contribution in [0.2, 0.25) is 0 Å². The van der Waals surface area contributed by atoms with Gasteiger partial charge in [-0.15, -0.1) is 0 Å². The Balaban J connectivity index is -0.000000127. The molecule has 0 fully saturated rings. The van der Waals surface area contributed by atoms with Gasteiger partial charge < -0.3 is 48.8 Å². The van der Waals surface area contributed by atoms with Crippen LogP contribution in [-0.2, 0) is 86.0 Å². The van der Waals surface area contributed by atoms with Crippen molar-refractivity contribution in [1.29, 1.82) is 0 Å². The van der Waals surface area contributed by atoms with Crippen LogP contribution in [0.5, 0.6) is 0 Å². The lowest BCUT2D eigenvalue weighted by molar-refractivity contribution is -0.158. The zero-order valence-electron chi connectivity index (χ0n) is 33.6. The van der Waals surface area contributed by atoms with E-state index in [0.717, 1.165) is 36.5 Å². The molecular weight excluding hydrogens is 808 g/mol. The number of carboxylic acids is 4. The predicted molar refractivity (Wildman–Crippen MR) is 208 cm³/mol. The van der Waals surface area contributed by atoms with E-state index in [0.29, 0.717) is 12.2 Å². The molecule has 0 unspecified atom stereocenters. The van der Waals surface area contributed by atoms with Gasteiger partial charge in [-0.25, -0.2) is 47.9 Å². The van der Waals surface area contributed by atoms with Crippen LogP contribution in [0, 0.1) is 0 Å². The molecule has 0 aromatic carbocycles. The summed E-state index contributed by atoms with van der Waals surface area (Å²) in [6.07, 6.45) is 9.00. The molecule has 332 valence electrons. The highest BCUT2D eigenvalue weighted by molar-refractivity contribution is 6.01. The van der Waals surface area contributed by atoms with E-state index in [2.05, 4.69) is 67.9 Å². The van der Waals surface area contributed by atoms with Gasteiger partial charge in [-0.05, 0) is 13.8 Å². The van der Waals surface area contributed by atoms with E-state index in [9.17, 15) is 57.5 Å². The highest BCUT2D eigenvalue weighted by Gasteiger charge is 2.16. The van der Waals surface area contributed by atoms with Crippen molar-refractivity contribution in [3.63, 3.8) is 0 Å². The maximum Gasteiger partial charge on any atom is 0.338 e. The topological polar surface area (TPSA) is 341 Å². The molecule has 22 nitrogen and oxygen atoms in total. The van der Waals surface area contributed by atoms with Crippen LogP contribution in [0.1, 0.15) is 26.7 Å². The summed E-state index contributed by atoms with van der Waals surface area (Å²) in [5.74, 6) is -11.3. The number of hydrogen-bond acceptors (Lipinski definition) is 18. The first kappa shape index (κ1) is 66.5. The number of allylic oxidation sites excluding steroid dienone is 2. The minimum Gasteiger partial charge on any atom is -0.478 e. The van der Waals surface area contributed by atoms with Crippen LogP contribution in [0.3, 0.4) is 0 Å². The second kappa shape index (κ2) is 46.9. The molecule has 0 aliphatic heterocycles. The molecule has 0 saturated heterocycles. The molecule has 0 atom stereocenters. The first-order valence-corrected chi connectivity index (χ1v) is 15.3. The summed E-state index contributed by atoms with van der Waals surface area (Å²) in [4.78, 5) is 124. The summed E-state index contributed by atoms with van der Waals surface area (Å²) in [5, 5.41) is 32.6. The number of aliphatic carboxylic acids is 4. The van der Waals surface area contributed by atoms with Crippen LogP contribution in [0.4, 0.5) is 0 Å². The summed E-state index contributed by atoms with van der Waals surface area (Å²) in [6.45, 7) is 22.1. The Morgan fingerprint density at radius 2 is 0.633 bits per heavy atom. The number of rotatable bonds is 14. The highest BCUT2D eigenvalue weighted by atomic mass is 16.6. The first-order valence-electron chi connectivity index (χ1n) is 15.3. The first-order chi connectivity index (χ1) is 27.8. The van der Waals surface area contributed by atoms with E-state index >= 15 is 0 Å². The molecule has 0 aromatic rings. The van der Waals surface area contributed by atoms with Crippen molar-refractivity contribution in [2.75, 3.05) is 28.4 Å². The number of ether oxygens (including phenoxy) is 6. The average molecular weight is 857 g/mol. The summed E-state index contributed by atoms with van der Waals surface area (Å²) in [5.41, 5.74) is -0.999. The second-order valence-corrected chi connectivity index (χ2v) is 8.68. The Morgan fingerprint density at radius 1 is 0.417 bits per heavy atom. The Kier molecular flexibility index (Phi) is 51.9. The molecular formula is C38H48O22. The van der Waals surface area contributed by atoms with Gasteiger partial charge >= 0.3 is 71.6 Å². The number of carboxylic acid groups (broad SMARTS) is 4. The number of carbonyl (C=O) groups excluding carboxylic acids is 8. The molecule has 0 aliphatic carbocycles. The van der Waals surface area contributed by atoms with Gasteiger partial charge in [-0.2, -0.15) is 0 Å². The lowest BCUT2D eigenvalue weighted by Gasteiger charge is -2.01. The molecule has 22 heteroatoms. The van der Waals surface area contributed by atoms with Gasteiger partial charge in [0.15, 0.2) is 0 Å². The van der Waals surface area contributed by atoms with Crippen molar-refractivity contribution in [1.82, 2.24) is 0 Å². The molecule has 0 rings (SSSR count). The fourth-order valence-corrected chi connectivity index (χ4v) is 1.62. The Labute approximate surface area is 344 Å². The van der Waals surface area contributed by atoms with E-state index in [1.807, 2.05) is 0 Å².